The number of hydrogen-bond donors (Lipinski definition) is 4. The van der Waals surface area contributed by atoms with Crippen molar-refractivity contribution in [3.05, 3.63) is 29.8 Å². The molecule has 61 heavy (non-hydrogen) atoms. The summed E-state index contributed by atoms with van der Waals surface area (Å²) >= 11 is 1.12. The first-order valence-electron chi connectivity index (χ1n) is 19.2. The fraction of sp³-hybridized carbons (Fsp3) is 0.526. The molecule has 1 aromatic carbocycles. The number of benzene rings is 1. The van der Waals surface area contributed by atoms with Crippen molar-refractivity contribution >= 4 is 110 Å². The molecular formula is C38H49N7O13S3. The summed E-state index contributed by atoms with van der Waals surface area (Å²) in [7, 11) is 2.30. The third kappa shape index (κ3) is 16.0. The van der Waals surface area contributed by atoms with Gasteiger partial charge in [-0.05, 0) is 59.0 Å². The first kappa shape index (κ1) is 50.2. The number of anilines is 1. The zero-order chi connectivity index (χ0) is 45.3. The summed E-state index contributed by atoms with van der Waals surface area (Å²) in [5.41, 5.74) is 6.34. The van der Waals surface area contributed by atoms with Gasteiger partial charge in [0.05, 0.1) is 30.8 Å². The number of thioether (sulfide) groups is 1. The summed E-state index contributed by atoms with van der Waals surface area (Å²) in [5, 5.41) is 6.93. The van der Waals surface area contributed by atoms with E-state index in [-0.39, 0.29) is 67.5 Å². The molecule has 332 valence electrons. The Morgan fingerprint density at radius 1 is 1.00 bits per heavy atom. The average Bonchev–Trinajstić information content (AvgIpc) is 3.93. The van der Waals surface area contributed by atoms with Gasteiger partial charge in [-0.25, -0.2) is 0 Å². The summed E-state index contributed by atoms with van der Waals surface area (Å²) < 4.78 is 4.10. The van der Waals surface area contributed by atoms with Crippen LogP contribution in [0.3, 0.4) is 0 Å². The van der Waals surface area contributed by atoms with Crippen molar-refractivity contribution in [1.82, 2.24) is 25.3 Å². The van der Waals surface area contributed by atoms with Crippen LogP contribution >= 0.6 is 33.3 Å². The van der Waals surface area contributed by atoms with E-state index >= 15 is 0 Å². The number of hydrogen-bond acceptors (Lipinski definition) is 16. The van der Waals surface area contributed by atoms with E-state index in [1.807, 2.05) is 6.92 Å². The minimum atomic E-state index is -1.15. The van der Waals surface area contributed by atoms with Crippen molar-refractivity contribution in [2.45, 2.75) is 81.2 Å². The number of nitrogens with two attached hydrogens (primary N) is 1. The lowest BCUT2D eigenvalue weighted by molar-refractivity contribution is -0.152. The number of primary amides is 1. The second-order valence-corrected chi connectivity index (χ2v) is 17.9. The fourth-order valence-electron chi connectivity index (χ4n) is 5.74. The summed E-state index contributed by atoms with van der Waals surface area (Å²) in [5.74, 6) is -4.28. The lowest BCUT2D eigenvalue weighted by Gasteiger charge is -2.28. The van der Waals surface area contributed by atoms with Crippen molar-refractivity contribution in [2.75, 3.05) is 50.5 Å². The highest BCUT2D eigenvalue weighted by Crippen LogP contribution is 2.63. The highest BCUT2D eigenvalue weighted by Gasteiger charge is 2.53. The molecule has 0 spiro atoms. The Labute approximate surface area is 363 Å². The number of amides is 9. The van der Waals surface area contributed by atoms with Gasteiger partial charge in [-0.15, -0.1) is 11.8 Å². The summed E-state index contributed by atoms with van der Waals surface area (Å²) in [4.78, 5) is 145. The van der Waals surface area contributed by atoms with E-state index in [1.165, 1.54) is 11.8 Å². The largest absolute Gasteiger partial charge is 0.369 e. The molecule has 5 N–H and O–H groups in total. The average molecular weight is 908 g/mol. The molecule has 3 heterocycles. The van der Waals surface area contributed by atoms with Gasteiger partial charge in [0.2, 0.25) is 57.9 Å². The quantitative estimate of drug-likeness (QED) is 0.0245. The van der Waals surface area contributed by atoms with Crippen LogP contribution in [-0.4, -0.2) is 146 Å². The molecule has 0 aromatic heterocycles. The number of β-lactam (4-membered cyclic amide) rings is 1. The summed E-state index contributed by atoms with van der Waals surface area (Å²) in [6.07, 6.45) is 1.94. The van der Waals surface area contributed by atoms with Gasteiger partial charge in [0.15, 0.2) is 17.3 Å². The molecule has 4 rings (SSSR count). The van der Waals surface area contributed by atoms with E-state index in [0.29, 0.717) is 44.4 Å². The summed E-state index contributed by atoms with van der Waals surface area (Å²) in [6, 6.07) is 5.95. The minimum absolute atomic E-state index is 0.0775. The smallest absolute Gasteiger partial charge is 0.250 e. The van der Waals surface area contributed by atoms with Gasteiger partial charge in [-0.2, -0.15) is 0 Å². The zero-order valence-corrected chi connectivity index (χ0v) is 36.3. The fourth-order valence-corrected chi connectivity index (χ4v) is 8.65. The summed E-state index contributed by atoms with van der Waals surface area (Å²) in [6.45, 7) is 3.97. The number of ether oxygens (including phenoxy) is 1. The first-order chi connectivity index (χ1) is 28.9. The maximum absolute atomic E-state index is 12.7. The van der Waals surface area contributed by atoms with Gasteiger partial charge in [0, 0.05) is 57.1 Å². The van der Waals surface area contributed by atoms with E-state index in [9.17, 15) is 57.5 Å². The van der Waals surface area contributed by atoms with Gasteiger partial charge in [-0.3, -0.25) is 67.3 Å². The Bertz CT molecular complexity index is 1880. The van der Waals surface area contributed by atoms with Gasteiger partial charge >= 0.3 is 0 Å². The number of rotatable bonds is 25. The molecule has 3 saturated heterocycles. The minimum Gasteiger partial charge on any atom is -0.369 e. The molecule has 9 amide bonds. The third-order valence-corrected chi connectivity index (χ3v) is 13.0. The standard InChI is InChI=1S/C25H30N4O8S2.C13H19N3O5S/c1-2-3-19(31)12-28(13-20(32)25(26-16-30)38-39-25)24(36)15-37-14-21(33)27-18-7-4-17(5-8-18)6-9-22(34)29-11-10-23(29)35;1-3-16-12(20)5-10(13(16)21)22-6-8(15-7(2)17)9(18)4-11(14)19/h4-5,7-8,16H,2-3,6,9-15H2,1H3,(H,26,30)(H,27,33);8,10H,3-6H2,1-2H3,(H2,14,19)(H,15,17)/t;8-,10?/m.0/s1. The van der Waals surface area contributed by atoms with Crippen LogP contribution in [0, 0.1) is 0 Å². The molecule has 3 fully saturated rings. The van der Waals surface area contributed by atoms with Crippen LogP contribution in [0.15, 0.2) is 24.3 Å². The first-order valence-corrected chi connectivity index (χ1v) is 22.4. The highest BCUT2D eigenvalue weighted by atomic mass is 33.2. The number of carbonyl (C=O) groups excluding carboxylic acids is 12. The van der Waals surface area contributed by atoms with Gasteiger partial charge in [0.1, 0.15) is 13.2 Å². The van der Waals surface area contributed by atoms with Gasteiger partial charge < -0.3 is 31.3 Å². The van der Waals surface area contributed by atoms with Crippen LogP contribution in [0.2, 0.25) is 0 Å². The molecule has 23 heteroatoms. The van der Waals surface area contributed by atoms with Crippen molar-refractivity contribution in [1.29, 1.82) is 0 Å². The van der Waals surface area contributed by atoms with Crippen LogP contribution in [0.4, 0.5) is 5.69 Å². The lowest BCUT2D eigenvalue weighted by atomic mass is 10.1. The predicted octanol–water partition coefficient (Wildman–Crippen LogP) is -0.289. The monoisotopic (exact) mass is 907 g/mol. The Kier molecular flexibility index (Phi) is 20.0. The Hall–Kier alpha value is -5.13. The number of Topliss-reactive ketones (excluding diaryl/α,β-unsaturated/α-hetero) is 3. The molecule has 1 aromatic rings. The van der Waals surface area contributed by atoms with Crippen molar-refractivity contribution in [3.63, 3.8) is 0 Å². The predicted molar refractivity (Wildman–Crippen MR) is 224 cm³/mol. The molecule has 0 aliphatic carbocycles. The zero-order valence-electron chi connectivity index (χ0n) is 33.9. The number of nitrogens with one attached hydrogen (secondary N) is 3. The Morgan fingerprint density at radius 2 is 1.69 bits per heavy atom. The topological polar surface area (TPSA) is 286 Å². The number of imide groups is 2. The van der Waals surface area contributed by atoms with Crippen molar-refractivity contribution in [3.8, 4) is 0 Å². The van der Waals surface area contributed by atoms with E-state index in [0.717, 1.165) is 48.7 Å². The van der Waals surface area contributed by atoms with Crippen LogP contribution in [-0.2, 0) is 68.7 Å². The van der Waals surface area contributed by atoms with Crippen LogP contribution < -0.4 is 21.7 Å². The number of aryl methyl sites for hydroxylation is 1. The maximum atomic E-state index is 12.7. The van der Waals surface area contributed by atoms with Crippen LogP contribution in [0.5, 0.6) is 0 Å². The van der Waals surface area contributed by atoms with E-state index in [2.05, 4.69) is 16.0 Å². The molecular weight excluding hydrogens is 859 g/mol. The van der Waals surface area contributed by atoms with E-state index in [1.54, 1.807) is 31.2 Å². The molecule has 3 aliphatic rings. The SMILES string of the molecule is CCCC(=O)CN(CC(=O)C1(NC=O)SS1)C(=O)COCC(=O)Nc1ccc(CCC(=O)N2CCC2=O)cc1.CCN1C(=O)CC(SC[C@H](NC(C)=O)C(=O)CC(N)=O)C1=O. The number of carbonyl (C=O) groups is 12. The number of ketones is 3. The molecule has 0 radical (unpaired) electrons. The molecule has 2 atom stereocenters. The van der Waals surface area contributed by atoms with E-state index in [4.69, 9.17) is 10.5 Å². The van der Waals surface area contributed by atoms with Crippen LogP contribution in [0.25, 0.3) is 0 Å². The Balaban J connectivity index is 0.000000382. The normalized spacial score (nSPS) is 16.6. The number of nitrogens with zero attached hydrogens (tertiary/aromatic N) is 3. The van der Waals surface area contributed by atoms with E-state index < -0.39 is 70.3 Å². The van der Waals surface area contributed by atoms with Crippen molar-refractivity contribution in [2.24, 2.45) is 5.73 Å². The molecule has 20 nitrogen and oxygen atoms in total. The van der Waals surface area contributed by atoms with Crippen molar-refractivity contribution < 1.29 is 62.3 Å². The molecule has 1 unspecified atom stereocenters. The highest BCUT2D eigenvalue weighted by molar-refractivity contribution is 8.94. The lowest BCUT2D eigenvalue weighted by Crippen LogP contribution is -2.47. The Morgan fingerprint density at radius 3 is 2.21 bits per heavy atom. The third-order valence-electron chi connectivity index (χ3n) is 9.02. The molecule has 0 saturated carbocycles. The van der Waals surface area contributed by atoms with Gasteiger partial charge in [-0.1, -0.05) is 19.1 Å². The maximum Gasteiger partial charge on any atom is 0.250 e. The van der Waals surface area contributed by atoms with Gasteiger partial charge in [0.25, 0.3) is 0 Å². The number of likely N-dealkylation sites (tertiary alicyclic amines) is 2. The molecule has 0 bridgehead atoms. The van der Waals surface area contributed by atoms with Crippen LogP contribution in [0.1, 0.15) is 64.9 Å². The second kappa shape index (κ2) is 24.3. The molecule has 3 aliphatic heterocycles. The second-order valence-electron chi connectivity index (χ2n) is 13.8.